The van der Waals surface area contributed by atoms with E-state index in [-0.39, 0.29) is 17.7 Å². The Morgan fingerprint density at radius 3 is 2.23 bits per heavy atom. The average Bonchev–Trinajstić information content (AvgIpc) is 3.22. The lowest BCUT2D eigenvalue weighted by atomic mass is 9.66. The van der Waals surface area contributed by atoms with Crippen molar-refractivity contribution in [1.29, 1.82) is 0 Å². The zero-order valence-corrected chi connectivity index (χ0v) is 13.2. The van der Waals surface area contributed by atoms with Gasteiger partial charge in [0, 0.05) is 23.4 Å². The van der Waals surface area contributed by atoms with Crippen LogP contribution in [0, 0.1) is 5.41 Å². The van der Waals surface area contributed by atoms with Gasteiger partial charge in [-0.25, -0.2) is 0 Å². The zero-order chi connectivity index (χ0) is 15.8. The normalized spacial score (nSPS) is 20.8. The minimum absolute atomic E-state index is 0.0102. The lowest BCUT2D eigenvalue weighted by Gasteiger charge is -2.37. The number of carbonyl (C=O) groups excluding carboxylic acids is 1. The molecule has 3 rings (SSSR count). The van der Waals surface area contributed by atoms with Gasteiger partial charge in [0.2, 0.25) is 5.91 Å². The van der Waals surface area contributed by atoms with Crippen LogP contribution in [0.2, 0.25) is 5.02 Å². The van der Waals surface area contributed by atoms with Crippen molar-refractivity contribution in [2.45, 2.75) is 43.9 Å². The number of carboxylic acid groups (broad SMARTS) is 1. The van der Waals surface area contributed by atoms with Gasteiger partial charge in [-0.1, -0.05) is 30.2 Å². The van der Waals surface area contributed by atoms with E-state index < -0.39 is 11.4 Å². The zero-order valence-electron chi connectivity index (χ0n) is 12.4. The molecule has 1 aromatic carbocycles. The fourth-order valence-electron chi connectivity index (χ4n) is 3.23. The number of aliphatic carboxylic acids is 1. The molecule has 0 spiro atoms. The average molecular weight is 322 g/mol. The molecule has 0 saturated heterocycles. The van der Waals surface area contributed by atoms with Crippen molar-refractivity contribution in [2.75, 3.05) is 6.54 Å². The molecule has 0 atom stereocenters. The van der Waals surface area contributed by atoms with Crippen molar-refractivity contribution >= 4 is 23.5 Å². The Bertz CT molecular complexity index is 588. The SMILES string of the molecule is O=C(CC1(C(=O)O)CCC1)NCC1(c2ccc(Cl)cc2)CC1. The van der Waals surface area contributed by atoms with E-state index in [1.807, 2.05) is 24.3 Å². The smallest absolute Gasteiger partial charge is 0.310 e. The first-order valence-corrected chi connectivity index (χ1v) is 8.10. The van der Waals surface area contributed by atoms with E-state index in [0.29, 0.717) is 24.4 Å². The summed E-state index contributed by atoms with van der Waals surface area (Å²) in [5.41, 5.74) is 0.380. The highest BCUT2D eigenvalue weighted by atomic mass is 35.5. The third-order valence-corrected chi connectivity index (χ3v) is 5.45. The molecule has 0 unspecified atom stereocenters. The second kappa shape index (κ2) is 5.58. The Hall–Kier alpha value is -1.55. The molecule has 0 radical (unpaired) electrons. The van der Waals surface area contributed by atoms with E-state index in [1.54, 1.807) is 0 Å². The van der Waals surface area contributed by atoms with Crippen molar-refractivity contribution in [3.8, 4) is 0 Å². The van der Waals surface area contributed by atoms with Crippen molar-refractivity contribution in [1.82, 2.24) is 5.32 Å². The molecule has 0 aliphatic heterocycles. The number of benzene rings is 1. The molecule has 2 saturated carbocycles. The second-order valence-electron chi connectivity index (χ2n) is 6.68. The van der Waals surface area contributed by atoms with E-state index in [2.05, 4.69) is 5.32 Å². The molecule has 2 aliphatic carbocycles. The predicted molar refractivity (Wildman–Crippen MR) is 83.9 cm³/mol. The molecule has 0 heterocycles. The molecule has 5 heteroatoms. The van der Waals surface area contributed by atoms with Gasteiger partial charge in [-0.05, 0) is 43.4 Å². The van der Waals surface area contributed by atoms with E-state index in [9.17, 15) is 14.7 Å². The highest BCUT2D eigenvalue weighted by molar-refractivity contribution is 6.30. The second-order valence-corrected chi connectivity index (χ2v) is 7.12. The molecule has 0 aromatic heterocycles. The van der Waals surface area contributed by atoms with Crippen LogP contribution in [-0.2, 0) is 15.0 Å². The Morgan fingerprint density at radius 2 is 1.77 bits per heavy atom. The number of nitrogens with one attached hydrogen (secondary N) is 1. The number of carboxylic acids is 1. The molecule has 1 amide bonds. The van der Waals surface area contributed by atoms with Crippen molar-refractivity contribution in [3.63, 3.8) is 0 Å². The first-order valence-electron chi connectivity index (χ1n) is 7.72. The van der Waals surface area contributed by atoms with Gasteiger partial charge in [-0.15, -0.1) is 0 Å². The van der Waals surface area contributed by atoms with Crippen LogP contribution in [-0.4, -0.2) is 23.5 Å². The number of hydrogen-bond acceptors (Lipinski definition) is 2. The lowest BCUT2D eigenvalue weighted by Crippen LogP contribution is -2.43. The molecule has 4 nitrogen and oxygen atoms in total. The summed E-state index contributed by atoms with van der Waals surface area (Å²) in [4.78, 5) is 23.4. The van der Waals surface area contributed by atoms with Crippen LogP contribution in [0.15, 0.2) is 24.3 Å². The number of rotatable bonds is 6. The Balaban J connectivity index is 1.57. The minimum Gasteiger partial charge on any atom is -0.481 e. The summed E-state index contributed by atoms with van der Waals surface area (Å²) in [5, 5.41) is 12.9. The molecular formula is C17H20ClNO3. The van der Waals surface area contributed by atoms with E-state index in [4.69, 9.17) is 11.6 Å². The summed E-state index contributed by atoms with van der Waals surface area (Å²) in [5.74, 6) is -0.991. The van der Waals surface area contributed by atoms with Crippen LogP contribution in [0.4, 0.5) is 0 Å². The Morgan fingerprint density at radius 1 is 1.14 bits per heavy atom. The van der Waals surface area contributed by atoms with Crippen molar-refractivity contribution < 1.29 is 14.7 Å². The largest absolute Gasteiger partial charge is 0.481 e. The Labute approximate surface area is 134 Å². The Kier molecular flexibility index (Phi) is 3.89. The van der Waals surface area contributed by atoms with Gasteiger partial charge in [-0.3, -0.25) is 9.59 Å². The van der Waals surface area contributed by atoms with Crippen LogP contribution >= 0.6 is 11.6 Å². The van der Waals surface area contributed by atoms with Crippen molar-refractivity contribution in [2.24, 2.45) is 5.41 Å². The number of halogens is 1. The number of carbonyl (C=O) groups is 2. The highest BCUT2D eigenvalue weighted by Gasteiger charge is 2.47. The third-order valence-electron chi connectivity index (χ3n) is 5.20. The maximum atomic E-state index is 12.1. The lowest BCUT2D eigenvalue weighted by molar-refractivity contribution is -0.157. The topological polar surface area (TPSA) is 66.4 Å². The van der Waals surface area contributed by atoms with Gasteiger partial charge in [0.05, 0.1) is 5.41 Å². The fourth-order valence-corrected chi connectivity index (χ4v) is 3.36. The molecule has 2 N–H and O–H groups in total. The maximum absolute atomic E-state index is 12.1. The number of hydrogen-bond donors (Lipinski definition) is 2. The molecule has 2 fully saturated rings. The maximum Gasteiger partial charge on any atom is 0.310 e. The van der Waals surface area contributed by atoms with E-state index in [0.717, 1.165) is 19.3 Å². The standard InChI is InChI=1S/C17H20ClNO3/c18-13-4-2-12(3-5-13)17(8-9-17)11-19-14(20)10-16(15(21)22)6-1-7-16/h2-5H,1,6-11H2,(H,19,20)(H,21,22). The summed E-state index contributed by atoms with van der Waals surface area (Å²) < 4.78 is 0. The molecule has 1 aromatic rings. The van der Waals surface area contributed by atoms with Gasteiger partial charge in [0.15, 0.2) is 0 Å². The first-order chi connectivity index (χ1) is 10.5. The van der Waals surface area contributed by atoms with Gasteiger partial charge >= 0.3 is 5.97 Å². The molecule has 118 valence electrons. The van der Waals surface area contributed by atoms with Gasteiger partial charge in [0.1, 0.15) is 0 Å². The van der Waals surface area contributed by atoms with Crippen molar-refractivity contribution in [3.05, 3.63) is 34.9 Å². The first kappa shape index (κ1) is 15.3. The van der Waals surface area contributed by atoms with Crippen LogP contribution in [0.1, 0.15) is 44.1 Å². The molecule has 22 heavy (non-hydrogen) atoms. The molecule has 2 aliphatic rings. The fraction of sp³-hybridized carbons (Fsp3) is 0.529. The minimum atomic E-state index is -0.840. The summed E-state index contributed by atoms with van der Waals surface area (Å²) in [6.45, 7) is 0.573. The quantitative estimate of drug-likeness (QED) is 0.846. The number of amides is 1. The van der Waals surface area contributed by atoms with Gasteiger partial charge in [-0.2, -0.15) is 0 Å². The highest BCUT2D eigenvalue weighted by Crippen LogP contribution is 2.48. The van der Waals surface area contributed by atoms with Gasteiger partial charge in [0.25, 0.3) is 0 Å². The van der Waals surface area contributed by atoms with Crippen LogP contribution in [0.3, 0.4) is 0 Å². The monoisotopic (exact) mass is 321 g/mol. The van der Waals surface area contributed by atoms with Crippen LogP contribution in [0.25, 0.3) is 0 Å². The molecule has 0 bridgehead atoms. The predicted octanol–water partition coefficient (Wildman–Crippen LogP) is 3.13. The summed E-state index contributed by atoms with van der Waals surface area (Å²) >= 11 is 5.91. The van der Waals surface area contributed by atoms with Gasteiger partial charge < -0.3 is 10.4 Å². The van der Waals surface area contributed by atoms with Crippen LogP contribution in [0.5, 0.6) is 0 Å². The third kappa shape index (κ3) is 2.84. The van der Waals surface area contributed by atoms with E-state index >= 15 is 0 Å². The summed E-state index contributed by atoms with van der Waals surface area (Å²) in [7, 11) is 0. The summed E-state index contributed by atoms with van der Waals surface area (Å²) in [6.07, 6.45) is 4.29. The molecular weight excluding hydrogens is 302 g/mol. The summed E-state index contributed by atoms with van der Waals surface area (Å²) in [6, 6.07) is 7.75. The van der Waals surface area contributed by atoms with Crippen LogP contribution < -0.4 is 5.32 Å². The van der Waals surface area contributed by atoms with E-state index in [1.165, 1.54) is 5.56 Å².